The molecule has 0 heterocycles. The van der Waals surface area contributed by atoms with Gasteiger partial charge >= 0.3 is 0 Å². The van der Waals surface area contributed by atoms with E-state index >= 15 is 0 Å². The summed E-state index contributed by atoms with van der Waals surface area (Å²) in [5.74, 6) is 0.881. The smallest absolute Gasteiger partial charge is 0.246 e. The molecule has 2 N–H and O–H groups in total. The number of aliphatic hydroxyl groups is 1. The molecule has 0 aliphatic heterocycles. The van der Waals surface area contributed by atoms with Crippen molar-refractivity contribution in [2.45, 2.75) is 45.6 Å². The highest BCUT2D eigenvalue weighted by Gasteiger charge is 2.21. The summed E-state index contributed by atoms with van der Waals surface area (Å²) in [6.45, 7) is 5.29. The highest BCUT2D eigenvalue weighted by Crippen LogP contribution is 2.25. The maximum Gasteiger partial charge on any atom is 0.246 e. The molecule has 1 aliphatic carbocycles. The monoisotopic (exact) mass is 243 g/mol. The van der Waals surface area contributed by atoms with Gasteiger partial charge in [-0.3, -0.25) is 4.79 Å². The molecule has 100 valence electrons. The number of amides is 1. The molecular weight excluding hydrogens is 218 g/mol. The van der Waals surface area contributed by atoms with Crippen molar-refractivity contribution in [3.8, 4) is 0 Å². The van der Waals surface area contributed by atoms with Crippen molar-refractivity contribution in [3.05, 3.63) is 0 Å². The van der Waals surface area contributed by atoms with E-state index in [4.69, 9.17) is 9.84 Å². The van der Waals surface area contributed by atoms with Crippen LogP contribution in [0, 0.1) is 11.8 Å². The molecule has 17 heavy (non-hydrogen) atoms. The van der Waals surface area contributed by atoms with Crippen molar-refractivity contribution in [3.63, 3.8) is 0 Å². The molecule has 0 atom stereocenters. The highest BCUT2D eigenvalue weighted by molar-refractivity contribution is 5.77. The first-order chi connectivity index (χ1) is 8.11. The number of ether oxygens (including phenoxy) is 1. The van der Waals surface area contributed by atoms with Gasteiger partial charge in [-0.1, -0.05) is 13.8 Å². The molecule has 0 saturated heterocycles. The Hall–Kier alpha value is -0.610. The second kappa shape index (κ2) is 7.67. The van der Waals surface area contributed by atoms with Gasteiger partial charge in [-0.05, 0) is 37.5 Å². The van der Waals surface area contributed by atoms with Gasteiger partial charge in [0.2, 0.25) is 5.91 Å². The van der Waals surface area contributed by atoms with E-state index < -0.39 is 0 Å². The van der Waals surface area contributed by atoms with Crippen molar-refractivity contribution in [1.82, 2.24) is 5.32 Å². The van der Waals surface area contributed by atoms with Crippen LogP contribution in [0.4, 0.5) is 0 Å². The summed E-state index contributed by atoms with van der Waals surface area (Å²) in [7, 11) is 0. The number of aliphatic hydroxyl groups excluding tert-OH is 1. The topological polar surface area (TPSA) is 58.6 Å². The first kappa shape index (κ1) is 14.5. The number of carbonyl (C=O) groups excluding carboxylic acids is 1. The van der Waals surface area contributed by atoms with Crippen molar-refractivity contribution >= 4 is 5.91 Å². The van der Waals surface area contributed by atoms with Crippen LogP contribution in [0.5, 0.6) is 0 Å². The molecule has 0 radical (unpaired) electrons. The molecule has 4 nitrogen and oxygen atoms in total. The van der Waals surface area contributed by atoms with Crippen molar-refractivity contribution in [2.75, 3.05) is 19.8 Å². The van der Waals surface area contributed by atoms with Crippen LogP contribution in [0.3, 0.4) is 0 Å². The second-order valence-electron chi connectivity index (χ2n) is 5.33. The molecule has 0 spiro atoms. The fourth-order valence-electron chi connectivity index (χ4n) is 2.04. The Bertz CT molecular complexity index is 223. The van der Waals surface area contributed by atoms with Gasteiger partial charge < -0.3 is 15.2 Å². The summed E-state index contributed by atoms with van der Waals surface area (Å²) in [5.41, 5.74) is 0. The second-order valence-corrected chi connectivity index (χ2v) is 5.33. The van der Waals surface area contributed by atoms with Crippen LogP contribution in [0.25, 0.3) is 0 Å². The summed E-state index contributed by atoms with van der Waals surface area (Å²) < 4.78 is 5.58. The molecule has 1 rings (SSSR count). The van der Waals surface area contributed by atoms with E-state index in [-0.39, 0.29) is 25.2 Å². The lowest BCUT2D eigenvalue weighted by Gasteiger charge is -2.27. The summed E-state index contributed by atoms with van der Waals surface area (Å²) >= 11 is 0. The molecule has 0 aromatic heterocycles. The van der Waals surface area contributed by atoms with Crippen LogP contribution in [0.1, 0.15) is 39.5 Å². The van der Waals surface area contributed by atoms with Gasteiger partial charge in [0.15, 0.2) is 0 Å². The number of hydrogen-bond acceptors (Lipinski definition) is 3. The minimum atomic E-state index is -0.0250. The van der Waals surface area contributed by atoms with Gasteiger partial charge in [0, 0.05) is 13.2 Å². The Labute approximate surface area is 104 Å². The van der Waals surface area contributed by atoms with E-state index in [0.29, 0.717) is 18.4 Å². The van der Waals surface area contributed by atoms with E-state index in [1.807, 2.05) is 0 Å². The first-order valence-corrected chi connectivity index (χ1v) is 6.61. The Morgan fingerprint density at radius 3 is 2.53 bits per heavy atom. The molecule has 1 amide bonds. The lowest BCUT2D eigenvalue weighted by Crippen LogP contribution is -2.33. The van der Waals surface area contributed by atoms with Gasteiger partial charge in [0.05, 0.1) is 6.10 Å². The van der Waals surface area contributed by atoms with Crippen LogP contribution >= 0.6 is 0 Å². The summed E-state index contributed by atoms with van der Waals surface area (Å²) in [4.78, 5) is 11.4. The fraction of sp³-hybridized carbons (Fsp3) is 0.923. The van der Waals surface area contributed by atoms with E-state index in [1.165, 1.54) is 0 Å². The first-order valence-electron chi connectivity index (χ1n) is 6.61. The molecule has 0 bridgehead atoms. The molecule has 4 heteroatoms. The van der Waals surface area contributed by atoms with Crippen LogP contribution in [0.2, 0.25) is 0 Å². The minimum absolute atomic E-state index is 0.0250. The molecular formula is C13H25NO3. The molecule has 0 unspecified atom stereocenters. The summed E-state index contributed by atoms with van der Waals surface area (Å²) in [6.07, 6.45) is 4.14. The standard InChI is InChI=1S/C13H25NO3/c1-10(2)7-14-13(16)9-17-12-5-3-11(8-15)4-6-12/h10-12,15H,3-9H2,1-2H3,(H,14,16). The third kappa shape index (κ3) is 6.03. The Morgan fingerprint density at radius 1 is 1.35 bits per heavy atom. The third-order valence-electron chi connectivity index (χ3n) is 3.21. The Kier molecular flexibility index (Phi) is 6.52. The maximum atomic E-state index is 11.4. The minimum Gasteiger partial charge on any atom is -0.396 e. The number of rotatable bonds is 6. The molecule has 1 aliphatic rings. The zero-order valence-electron chi connectivity index (χ0n) is 10.9. The maximum absolute atomic E-state index is 11.4. The van der Waals surface area contributed by atoms with Crippen LogP contribution in [-0.4, -0.2) is 36.9 Å². The van der Waals surface area contributed by atoms with Crippen LogP contribution < -0.4 is 5.32 Å². The van der Waals surface area contributed by atoms with Gasteiger partial charge in [-0.2, -0.15) is 0 Å². The van der Waals surface area contributed by atoms with Gasteiger partial charge in [0.25, 0.3) is 0 Å². The average molecular weight is 243 g/mol. The van der Waals surface area contributed by atoms with Crippen molar-refractivity contribution < 1.29 is 14.6 Å². The molecule has 1 fully saturated rings. The zero-order valence-corrected chi connectivity index (χ0v) is 10.9. The van der Waals surface area contributed by atoms with Crippen molar-refractivity contribution in [2.24, 2.45) is 11.8 Å². The molecule has 0 aromatic rings. The Morgan fingerprint density at radius 2 is 2.00 bits per heavy atom. The normalized spacial score (nSPS) is 24.9. The zero-order chi connectivity index (χ0) is 12.7. The summed E-state index contributed by atoms with van der Waals surface area (Å²) in [5, 5.41) is 11.9. The Balaban J connectivity index is 2.08. The summed E-state index contributed by atoms with van der Waals surface area (Å²) in [6, 6.07) is 0. The van der Waals surface area contributed by atoms with Gasteiger partial charge in [-0.15, -0.1) is 0 Å². The predicted molar refractivity (Wildman–Crippen MR) is 66.6 cm³/mol. The van der Waals surface area contributed by atoms with E-state index in [2.05, 4.69) is 19.2 Å². The lowest BCUT2D eigenvalue weighted by atomic mass is 9.88. The third-order valence-corrected chi connectivity index (χ3v) is 3.21. The number of hydrogen-bond donors (Lipinski definition) is 2. The van der Waals surface area contributed by atoms with E-state index in [1.54, 1.807) is 0 Å². The van der Waals surface area contributed by atoms with Crippen LogP contribution in [-0.2, 0) is 9.53 Å². The average Bonchev–Trinajstić information content (AvgIpc) is 2.34. The van der Waals surface area contributed by atoms with E-state index in [9.17, 15) is 4.79 Å². The predicted octanol–water partition coefficient (Wildman–Crippen LogP) is 1.33. The SMILES string of the molecule is CC(C)CNC(=O)COC1CCC(CO)CC1. The number of carbonyl (C=O) groups is 1. The fourth-order valence-corrected chi connectivity index (χ4v) is 2.04. The van der Waals surface area contributed by atoms with Gasteiger partial charge in [-0.25, -0.2) is 0 Å². The van der Waals surface area contributed by atoms with Gasteiger partial charge in [0.1, 0.15) is 6.61 Å². The van der Waals surface area contributed by atoms with Crippen molar-refractivity contribution in [1.29, 1.82) is 0 Å². The largest absolute Gasteiger partial charge is 0.396 e. The van der Waals surface area contributed by atoms with E-state index in [0.717, 1.165) is 25.7 Å². The number of nitrogens with one attached hydrogen (secondary N) is 1. The quantitative estimate of drug-likeness (QED) is 0.740. The molecule has 1 saturated carbocycles. The highest BCUT2D eigenvalue weighted by atomic mass is 16.5. The molecule has 0 aromatic carbocycles. The van der Waals surface area contributed by atoms with Crippen LogP contribution in [0.15, 0.2) is 0 Å². The lowest BCUT2D eigenvalue weighted by molar-refractivity contribution is -0.128.